The van der Waals surface area contributed by atoms with Crippen LogP contribution in [-0.2, 0) is 28.0 Å². The number of rotatable bonds is 6. The molecule has 0 aliphatic carbocycles. The minimum Gasteiger partial charge on any atom is -0.381 e. The molecule has 4 nitrogen and oxygen atoms in total. The lowest BCUT2D eigenvalue weighted by molar-refractivity contribution is -0.0949. The Balaban J connectivity index is 2.30. The van der Waals surface area contributed by atoms with Gasteiger partial charge in [-0.2, -0.15) is 0 Å². The predicted molar refractivity (Wildman–Crippen MR) is 82.2 cm³/mol. The summed E-state index contributed by atoms with van der Waals surface area (Å²) in [6, 6.07) is 0. The van der Waals surface area contributed by atoms with E-state index < -0.39 is 0 Å². The van der Waals surface area contributed by atoms with Crippen LogP contribution in [0.4, 0.5) is 0 Å². The third kappa shape index (κ3) is 3.39. The summed E-state index contributed by atoms with van der Waals surface area (Å²) in [4.78, 5) is 6.28. The van der Waals surface area contributed by atoms with Crippen LogP contribution in [-0.4, -0.2) is 32.4 Å². The molecule has 2 rings (SSSR count). The van der Waals surface area contributed by atoms with Crippen LogP contribution in [0.1, 0.15) is 42.3 Å². The summed E-state index contributed by atoms with van der Waals surface area (Å²) < 4.78 is 11.3. The molecule has 5 heteroatoms. The van der Waals surface area contributed by atoms with E-state index in [1.54, 1.807) is 18.4 Å². The van der Waals surface area contributed by atoms with Gasteiger partial charge in [-0.15, -0.1) is 11.3 Å². The van der Waals surface area contributed by atoms with E-state index in [0.717, 1.165) is 44.0 Å². The molecule has 1 aliphatic rings. The smallest absolute Gasteiger partial charge is 0.125 e. The van der Waals surface area contributed by atoms with Crippen LogP contribution in [0.25, 0.3) is 0 Å². The Morgan fingerprint density at radius 3 is 2.65 bits per heavy atom. The molecule has 0 aromatic carbocycles. The van der Waals surface area contributed by atoms with Crippen molar-refractivity contribution >= 4 is 11.3 Å². The summed E-state index contributed by atoms with van der Waals surface area (Å²) in [6.45, 7) is 6.88. The Morgan fingerprint density at radius 2 is 2.10 bits per heavy atom. The zero-order valence-corrected chi connectivity index (χ0v) is 13.8. The van der Waals surface area contributed by atoms with E-state index in [-0.39, 0.29) is 5.60 Å². The van der Waals surface area contributed by atoms with Gasteiger partial charge in [-0.3, -0.25) is 0 Å². The third-order valence-corrected chi connectivity index (χ3v) is 5.08. The summed E-state index contributed by atoms with van der Waals surface area (Å²) in [5.41, 5.74) is 0.998. The number of hydrogen-bond donors (Lipinski definition) is 1. The Kier molecular flexibility index (Phi) is 5.55. The molecule has 1 N–H and O–H groups in total. The third-order valence-electron chi connectivity index (χ3n) is 3.80. The Bertz CT molecular complexity index is 426. The van der Waals surface area contributed by atoms with Crippen molar-refractivity contribution in [2.75, 3.05) is 27.4 Å². The van der Waals surface area contributed by atoms with E-state index in [0.29, 0.717) is 5.92 Å². The number of aromatic nitrogens is 1. The minimum atomic E-state index is -0.235. The van der Waals surface area contributed by atoms with Crippen molar-refractivity contribution in [3.63, 3.8) is 0 Å². The van der Waals surface area contributed by atoms with Crippen LogP contribution in [0.15, 0.2) is 0 Å². The van der Waals surface area contributed by atoms with Crippen LogP contribution in [0.3, 0.4) is 0 Å². The SMILES string of the molecule is CNCc1sc(C2(OC)CCOCC2)nc1CC(C)C. The van der Waals surface area contributed by atoms with Crippen molar-refractivity contribution < 1.29 is 9.47 Å². The lowest BCUT2D eigenvalue weighted by Crippen LogP contribution is -2.35. The average molecular weight is 298 g/mol. The van der Waals surface area contributed by atoms with Crippen LogP contribution >= 0.6 is 11.3 Å². The molecule has 1 aromatic heterocycles. The van der Waals surface area contributed by atoms with Crippen molar-refractivity contribution in [1.29, 1.82) is 0 Å². The van der Waals surface area contributed by atoms with E-state index in [9.17, 15) is 0 Å². The fourth-order valence-corrected chi connectivity index (χ4v) is 3.96. The highest BCUT2D eigenvalue weighted by molar-refractivity contribution is 7.11. The number of ether oxygens (including phenoxy) is 2. The highest BCUT2D eigenvalue weighted by Gasteiger charge is 2.38. The molecule has 0 atom stereocenters. The van der Waals surface area contributed by atoms with E-state index in [4.69, 9.17) is 14.5 Å². The van der Waals surface area contributed by atoms with Crippen molar-refractivity contribution in [2.24, 2.45) is 5.92 Å². The highest BCUT2D eigenvalue weighted by Crippen LogP contribution is 2.39. The molecule has 1 aliphatic heterocycles. The fourth-order valence-electron chi connectivity index (χ4n) is 2.63. The Hall–Kier alpha value is -0.490. The zero-order valence-electron chi connectivity index (χ0n) is 13.0. The molecular formula is C15H26N2O2S. The molecule has 0 spiro atoms. The molecule has 0 bridgehead atoms. The molecule has 0 unspecified atom stereocenters. The quantitative estimate of drug-likeness (QED) is 0.877. The summed E-state index contributed by atoms with van der Waals surface area (Å²) in [5.74, 6) is 0.619. The number of methoxy groups -OCH3 is 1. The summed E-state index contributed by atoms with van der Waals surface area (Å²) in [6.07, 6.45) is 2.83. The second kappa shape index (κ2) is 6.98. The first kappa shape index (κ1) is 15.9. The first-order chi connectivity index (χ1) is 9.61. The van der Waals surface area contributed by atoms with E-state index in [2.05, 4.69) is 19.2 Å². The van der Waals surface area contributed by atoms with Crippen LogP contribution in [0.2, 0.25) is 0 Å². The number of nitrogens with one attached hydrogen (secondary N) is 1. The summed E-state index contributed by atoms with van der Waals surface area (Å²) in [5, 5.41) is 4.38. The first-order valence-corrected chi connectivity index (χ1v) is 8.19. The first-order valence-electron chi connectivity index (χ1n) is 7.38. The van der Waals surface area contributed by atoms with Gasteiger partial charge in [0, 0.05) is 44.6 Å². The van der Waals surface area contributed by atoms with Gasteiger partial charge in [0.2, 0.25) is 0 Å². The van der Waals surface area contributed by atoms with Crippen molar-refractivity contribution in [2.45, 2.75) is 45.3 Å². The maximum atomic E-state index is 5.86. The van der Waals surface area contributed by atoms with Gasteiger partial charge >= 0.3 is 0 Å². The Labute approximate surface area is 125 Å². The van der Waals surface area contributed by atoms with Gasteiger partial charge in [-0.25, -0.2) is 4.98 Å². The normalized spacial score (nSPS) is 18.6. The molecule has 0 radical (unpaired) electrons. The summed E-state index contributed by atoms with van der Waals surface area (Å²) in [7, 11) is 3.78. The van der Waals surface area contributed by atoms with Gasteiger partial charge in [-0.05, 0) is 19.4 Å². The molecule has 114 valence electrons. The zero-order chi connectivity index (χ0) is 14.6. The van der Waals surface area contributed by atoms with Crippen LogP contribution in [0.5, 0.6) is 0 Å². The standard InChI is InChI=1S/C15H26N2O2S/c1-11(2)9-12-13(10-16-3)20-14(17-12)15(18-4)5-7-19-8-6-15/h11,16H,5-10H2,1-4H3. The van der Waals surface area contributed by atoms with Crippen molar-refractivity contribution in [3.8, 4) is 0 Å². The van der Waals surface area contributed by atoms with Gasteiger partial charge < -0.3 is 14.8 Å². The van der Waals surface area contributed by atoms with Crippen LogP contribution in [0, 0.1) is 5.92 Å². The van der Waals surface area contributed by atoms with E-state index in [1.807, 2.05) is 7.05 Å². The van der Waals surface area contributed by atoms with Crippen molar-refractivity contribution in [3.05, 3.63) is 15.6 Å². The molecular weight excluding hydrogens is 272 g/mol. The molecule has 0 saturated carbocycles. The predicted octanol–water partition coefficient (Wildman–Crippen LogP) is 2.71. The topological polar surface area (TPSA) is 43.4 Å². The monoisotopic (exact) mass is 298 g/mol. The number of hydrogen-bond acceptors (Lipinski definition) is 5. The number of nitrogens with zero attached hydrogens (tertiary/aromatic N) is 1. The van der Waals surface area contributed by atoms with Gasteiger partial charge in [0.15, 0.2) is 0 Å². The maximum Gasteiger partial charge on any atom is 0.125 e. The minimum absolute atomic E-state index is 0.235. The maximum absolute atomic E-state index is 5.86. The molecule has 1 aromatic rings. The average Bonchev–Trinajstić information content (AvgIpc) is 2.83. The van der Waals surface area contributed by atoms with Gasteiger partial charge in [0.1, 0.15) is 10.6 Å². The highest BCUT2D eigenvalue weighted by atomic mass is 32.1. The summed E-state index contributed by atoms with van der Waals surface area (Å²) >= 11 is 1.80. The fraction of sp³-hybridized carbons (Fsp3) is 0.800. The second-order valence-electron chi connectivity index (χ2n) is 5.83. The molecule has 0 amide bonds. The lowest BCUT2D eigenvalue weighted by Gasteiger charge is -2.33. The largest absolute Gasteiger partial charge is 0.381 e. The van der Waals surface area contributed by atoms with E-state index in [1.165, 1.54) is 10.6 Å². The van der Waals surface area contributed by atoms with Gasteiger partial charge in [-0.1, -0.05) is 13.8 Å². The van der Waals surface area contributed by atoms with Crippen molar-refractivity contribution in [1.82, 2.24) is 10.3 Å². The second-order valence-corrected chi connectivity index (χ2v) is 6.91. The van der Waals surface area contributed by atoms with Gasteiger partial charge in [0.05, 0.1) is 5.69 Å². The van der Waals surface area contributed by atoms with E-state index >= 15 is 0 Å². The molecule has 2 heterocycles. The molecule has 20 heavy (non-hydrogen) atoms. The van der Waals surface area contributed by atoms with Gasteiger partial charge in [0.25, 0.3) is 0 Å². The van der Waals surface area contributed by atoms with Crippen LogP contribution < -0.4 is 5.32 Å². The Morgan fingerprint density at radius 1 is 1.40 bits per heavy atom. The number of thiazole rings is 1. The molecule has 1 fully saturated rings. The lowest BCUT2D eigenvalue weighted by atomic mass is 9.95. The molecule has 1 saturated heterocycles.